The number of methoxy groups -OCH3 is 1. The Hall–Kier alpha value is -1.30. The van der Waals surface area contributed by atoms with Gasteiger partial charge in [0.05, 0.1) is 13.2 Å². The van der Waals surface area contributed by atoms with Crippen molar-refractivity contribution in [3.05, 3.63) is 30.3 Å². The number of benzene rings is 1. The minimum absolute atomic E-state index is 0. The lowest BCUT2D eigenvalue weighted by Gasteiger charge is -2.33. The molecule has 1 atom stereocenters. The maximum absolute atomic E-state index is 12.1. The van der Waals surface area contributed by atoms with Crippen molar-refractivity contribution in [1.82, 2.24) is 4.90 Å². The summed E-state index contributed by atoms with van der Waals surface area (Å²) < 4.78 is 10.7. The molecule has 1 aliphatic rings. The first-order valence-corrected chi connectivity index (χ1v) is 7.42. The largest absolute Gasteiger partial charge is 0.493 e. The van der Waals surface area contributed by atoms with Crippen LogP contribution in [0.4, 0.5) is 0 Å². The van der Waals surface area contributed by atoms with Crippen LogP contribution in [-0.4, -0.2) is 50.3 Å². The second kappa shape index (κ2) is 9.66. The highest BCUT2D eigenvalue weighted by atomic mass is 35.5. The number of hydrogen-bond acceptors (Lipinski definition) is 4. The number of nitrogens with zero attached hydrogens (tertiary/aromatic N) is 1. The molecule has 22 heavy (non-hydrogen) atoms. The van der Waals surface area contributed by atoms with Gasteiger partial charge in [0.15, 0.2) is 0 Å². The Bertz CT molecular complexity index is 436. The first-order valence-electron chi connectivity index (χ1n) is 7.42. The zero-order valence-electron chi connectivity index (χ0n) is 12.9. The molecule has 2 N–H and O–H groups in total. The van der Waals surface area contributed by atoms with Crippen LogP contribution in [0.2, 0.25) is 0 Å². The maximum atomic E-state index is 12.1. The number of halogens is 1. The molecule has 1 aromatic rings. The van der Waals surface area contributed by atoms with Crippen LogP contribution in [0.3, 0.4) is 0 Å². The van der Waals surface area contributed by atoms with Gasteiger partial charge in [0.1, 0.15) is 11.8 Å². The Morgan fingerprint density at radius 3 is 2.55 bits per heavy atom. The van der Waals surface area contributed by atoms with E-state index in [0.29, 0.717) is 12.5 Å². The van der Waals surface area contributed by atoms with E-state index in [-0.39, 0.29) is 24.9 Å². The molecular weight excluding hydrogens is 304 g/mol. The molecule has 124 valence electrons. The van der Waals surface area contributed by atoms with Crippen LogP contribution in [0.25, 0.3) is 0 Å². The summed E-state index contributed by atoms with van der Waals surface area (Å²) in [6, 6.07) is 9.28. The molecular formula is C16H25ClN2O3. The lowest BCUT2D eigenvalue weighted by atomic mass is 9.97. The second-order valence-electron chi connectivity index (χ2n) is 5.45. The SMILES string of the molecule is COCC(N)C(=O)N1CCC(COc2ccccc2)CC1.Cl. The average Bonchev–Trinajstić information content (AvgIpc) is 2.54. The van der Waals surface area contributed by atoms with Crippen molar-refractivity contribution in [2.24, 2.45) is 11.7 Å². The van der Waals surface area contributed by atoms with Gasteiger partial charge in [-0.1, -0.05) is 18.2 Å². The molecule has 1 saturated heterocycles. The van der Waals surface area contributed by atoms with E-state index in [9.17, 15) is 4.79 Å². The van der Waals surface area contributed by atoms with Crippen molar-refractivity contribution in [1.29, 1.82) is 0 Å². The summed E-state index contributed by atoms with van der Waals surface area (Å²) >= 11 is 0. The van der Waals surface area contributed by atoms with Crippen molar-refractivity contribution in [3.8, 4) is 5.75 Å². The van der Waals surface area contributed by atoms with Gasteiger partial charge in [0.2, 0.25) is 5.91 Å². The monoisotopic (exact) mass is 328 g/mol. The van der Waals surface area contributed by atoms with Crippen LogP contribution < -0.4 is 10.5 Å². The third-order valence-electron chi connectivity index (χ3n) is 3.82. The van der Waals surface area contributed by atoms with Crippen LogP contribution in [-0.2, 0) is 9.53 Å². The van der Waals surface area contributed by atoms with Gasteiger partial charge in [0, 0.05) is 20.2 Å². The first-order chi connectivity index (χ1) is 10.2. The Kier molecular flexibility index (Phi) is 8.24. The number of carbonyl (C=O) groups is 1. The molecule has 0 saturated carbocycles. The molecule has 6 heteroatoms. The number of piperidine rings is 1. The van der Waals surface area contributed by atoms with Crippen molar-refractivity contribution in [3.63, 3.8) is 0 Å². The minimum Gasteiger partial charge on any atom is -0.493 e. The predicted octanol–water partition coefficient (Wildman–Crippen LogP) is 1.70. The minimum atomic E-state index is -0.549. The molecule has 1 unspecified atom stereocenters. The summed E-state index contributed by atoms with van der Waals surface area (Å²) in [5.41, 5.74) is 5.79. The fourth-order valence-electron chi connectivity index (χ4n) is 2.54. The molecule has 0 aromatic heterocycles. The van der Waals surface area contributed by atoms with Crippen LogP contribution in [0.5, 0.6) is 5.75 Å². The van der Waals surface area contributed by atoms with Gasteiger partial charge in [-0.3, -0.25) is 4.79 Å². The Morgan fingerprint density at radius 2 is 1.95 bits per heavy atom. The zero-order valence-corrected chi connectivity index (χ0v) is 13.8. The van der Waals surface area contributed by atoms with Gasteiger partial charge in [-0.05, 0) is 30.9 Å². The molecule has 0 aliphatic carbocycles. The van der Waals surface area contributed by atoms with E-state index in [1.807, 2.05) is 35.2 Å². The summed E-state index contributed by atoms with van der Waals surface area (Å²) in [5, 5.41) is 0. The average molecular weight is 329 g/mol. The van der Waals surface area contributed by atoms with Crippen LogP contribution >= 0.6 is 12.4 Å². The van der Waals surface area contributed by atoms with Crippen molar-refractivity contribution in [2.75, 3.05) is 33.4 Å². The van der Waals surface area contributed by atoms with Gasteiger partial charge in [0.25, 0.3) is 0 Å². The van der Waals surface area contributed by atoms with Gasteiger partial charge in [-0.15, -0.1) is 12.4 Å². The number of hydrogen-bond donors (Lipinski definition) is 1. The van der Waals surface area contributed by atoms with Crippen molar-refractivity contribution >= 4 is 18.3 Å². The highest BCUT2D eigenvalue weighted by Crippen LogP contribution is 2.19. The molecule has 5 nitrogen and oxygen atoms in total. The van der Waals surface area contributed by atoms with Gasteiger partial charge >= 0.3 is 0 Å². The number of rotatable bonds is 6. The summed E-state index contributed by atoms with van der Waals surface area (Å²) in [4.78, 5) is 13.9. The van der Waals surface area contributed by atoms with E-state index in [4.69, 9.17) is 15.2 Å². The summed E-state index contributed by atoms with van der Waals surface area (Å²) in [6.07, 6.45) is 1.91. The van der Waals surface area contributed by atoms with E-state index in [1.54, 1.807) is 7.11 Å². The second-order valence-corrected chi connectivity index (χ2v) is 5.45. The van der Waals surface area contributed by atoms with Crippen molar-refractivity contribution < 1.29 is 14.3 Å². The summed E-state index contributed by atoms with van der Waals surface area (Å²) in [7, 11) is 1.56. The van der Waals surface area contributed by atoms with Gasteiger partial charge in [-0.25, -0.2) is 0 Å². The molecule has 0 spiro atoms. The smallest absolute Gasteiger partial charge is 0.241 e. The standard InChI is InChI=1S/C16H24N2O3.ClH/c1-20-12-15(17)16(19)18-9-7-13(8-10-18)11-21-14-5-3-2-4-6-14;/h2-6,13,15H,7-12,17H2,1H3;1H. The van der Waals surface area contributed by atoms with E-state index in [1.165, 1.54) is 0 Å². The van der Waals surface area contributed by atoms with E-state index in [0.717, 1.165) is 31.7 Å². The molecule has 2 rings (SSSR count). The van der Waals surface area contributed by atoms with E-state index >= 15 is 0 Å². The number of nitrogens with two attached hydrogens (primary N) is 1. The number of para-hydroxylation sites is 1. The Labute approximate surface area is 138 Å². The Balaban J connectivity index is 0.00000242. The fraction of sp³-hybridized carbons (Fsp3) is 0.562. The molecule has 1 heterocycles. The summed E-state index contributed by atoms with van der Waals surface area (Å²) in [6.45, 7) is 2.48. The summed E-state index contributed by atoms with van der Waals surface area (Å²) in [5.74, 6) is 1.38. The van der Waals surface area contributed by atoms with Crippen molar-refractivity contribution in [2.45, 2.75) is 18.9 Å². The normalized spacial score (nSPS) is 16.7. The molecule has 1 amide bonds. The molecule has 1 fully saturated rings. The van der Waals surface area contributed by atoms with Crippen LogP contribution in [0.1, 0.15) is 12.8 Å². The number of amides is 1. The van der Waals surface area contributed by atoms with Crippen LogP contribution in [0.15, 0.2) is 30.3 Å². The lowest BCUT2D eigenvalue weighted by Crippen LogP contribution is -2.49. The molecule has 1 aromatic carbocycles. The Morgan fingerprint density at radius 1 is 1.32 bits per heavy atom. The fourth-order valence-corrected chi connectivity index (χ4v) is 2.54. The quantitative estimate of drug-likeness (QED) is 0.863. The third kappa shape index (κ3) is 5.48. The van der Waals surface area contributed by atoms with E-state index in [2.05, 4.69) is 0 Å². The first kappa shape index (κ1) is 18.7. The molecule has 0 radical (unpaired) electrons. The highest BCUT2D eigenvalue weighted by molar-refractivity contribution is 5.85. The molecule has 0 bridgehead atoms. The number of ether oxygens (including phenoxy) is 2. The lowest BCUT2D eigenvalue weighted by molar-refractivity contribution is -0.135. The topological polar surface area (TPSA) is 64.8 Å². The molecule has 1 aliphatic heterocycles. The predicted molar refractivity (Wildman–Crippen MR) is 88.3 cm³/mol. The third-order valence-corrected chi connectivity index (χ3v) is 3.82. The highest BCUT2D eigenvalue weighted by Gasteiger charge is 2.26. The number of likely N-dealkylation sites (tertiary alicyclic amines) is 1. The van der Waals surface area contributed by atoms with Gasteiger partial charge in [-0.2, -0.15) is 0 Å². The zero-order chi connectivity index (χ0) is 15.1. The number of carbonyl (C=O) groups excluding carboxylic acids is 1. The van der Waals surface area contributed by atoms with E-state index < -0.39 is 6.04 Å². The van der Waals surface area contributed by atoms with Gasteiger partial charge < -0.3 is 20.1 Å². The van der Waals surface area contributed by atoms with Crippen LogP contribution in [0, 0.1) is 5.92 Å². The maximum Gasteiger partial charge on any atom is 0.241 e.